The summed E-state index contributed by atoms with van der Waals surface area (Å²) in [7, 11) is 0. The van der Waals surface area contributed by atoms with Gasteiger partial charge < -0.3 is 4.74 Å². The number of carbonyl (C=O) groups excluding carboxylic acids is 1. The van der Waals surface area contributed by atoms with Gasteiger partial charge in [0.15, 0.2) is 0 Å². The van der Waals surface area contributed by atoms with Gasteiger partial charge in [-0.15, -0.1) is 0 Å². The summed E-state index contributed by atoms with van der Waals surface area (Å²) in [4.78, 5) is 11.3. The average Bonchev–Trinajstić information content (AvgIpc) is 2.18. The topological polar surface area (TPSA) is 26.3 Å². The van der Waals surface area contributed by atoms with Crippen molar-refractivity contribution >= 4 is 5.97 Å². The lowest BCUT2D eigenvalue weighted by Gasteiger charge is -2.03. The molecule has 0 aliphatic rings. The Morgan fingerprint density at radius 2 is 2.14 bits per heavy atom. The third-order valence-corrected chi connectivity index (χ3v) is 1.82. The molecular formula is C11H13FO2. The lowest BCUT2D eigenvalue weighted by Crippen LogP contribution is -2.08. The molecule has 0 unspecified atom stereocenters. The zero-order chi connectivity index (χ0) is 10.4. The summed E-state index contributed by atoms with van der Waals surface area (Å²) in [5, 5.41) is 0. The van der Waals surface area contributed by atoms with Crippen LogP contribution in [0, 0.1) is 5.82 Å². The number of esters is 1. The van der Waals surface area contributed by atoms with E-state index in [1.165, 1.54) is 18.2 Å². The maximum Gasteiger partial charge on any atom is 0.341 e. The van der Waals surface area contributed by atoms with Crippen molar-refractivity contribution in [3.8, 4) is 0 Å². The van der Waals surface area contributed by atoms with Crippen LogP contribution < -0.4 is 0 Å². The molecule has 0 radical (unpaired) electrons. The first-order valence-electron chi connectivity index (χ1n) is 4.67. The maximum absolute atomic E-state index is 13.0. The quantitative estimate of drug-likeness (QED) is 0.546. The van der Waals surface area contributed by atoms with Gasteiger partial charge in [-0.2, -0.15) is 0 Å². The van der Waals surface area contributed by atoms with E-state index in [1.54, 1.807) is 6.07 Å². The predicted molar refractivity (Wildman–Crippen MR) is 51.6 cm³/mol. The van der Waals surface area contributed by atoms with E-state index in [4.69, 9.17) is 4.74 Å². The number of ether oxygens (including phenoxy) is 1. The van der Waals surface area contributed by atoms with Gasteiger partial charge in [-0.05, 0) is 18.6 Å². The molecule has 0 aliphatic carbocycles. The normalized spacial score (nSPS) is 9.86. The monoisotopic (exact) mass is 196 g/mol. The van der Waals surface area contributed by atoms with Crippen LogP contribution in [-0.4, -0.2) is 12.6 Å². The van der Waals surface area contributed by atoms with Crippen molar-refractivity contribution in [3.63, 3.8) is 0 Å². The molecule has 14 heavy (non-hydrogen) atoms. The summed E-state index contributed by atoms with van der Waals surface area (Å²) in [5.74, 6) is -1.12. The number of halogens is 1. The highest BCUT2D eigenvalue weighted by atomic mass is 19.1. The number of hydrogen-bond donors (Lipinski definition) is 0. The fourth-order valence-electron chi connectivity index (χ4n) is 1.01. The second-order valence-corrected chi connectivity index (χ2v) is 2.97. The molecule has 0 heterocycles. The van der Waals surface area contributed by atoms with Crippen LogP contribution in [0.1, 0.15) is 30.1 Å². The molecule has 0 N–H and O–H groups in total. The number of benzene rings is 1. The Bertz CT molecular complexity index is 310. The van der Waals surface area contributed by atoms with Gasteiger partial charge in [0.05, 0.1) is 12.2 Å². The predicted octanol–water partition coefficient (Wildman–Crippen LogP) is 2.78. The molecule has 1 rings (SSSR count). The molecule has 0 spiro atoms. The van der Waals surface area contributed by atoms with E-state index in [1.807, 2.05) is 6.92 Å². The van der Waals surface area contributed by atoms with Crippen molar-refractivity contribution in [2.45, 2.75) is 19.8 Å². The van der Waals surface area contributed by atoms with Crippen molar-refractivity contribution < 1.29 is 13.9 Å². The van der Waals surface area contributed by atoms with E-state index in [2.05, 4.69) is 0 Å². The molecule has 3 heteroatoms. The standard InChI is InChI=1S/C11H13FO2/c1-2-3-8-14-11(13)9-6-4-5-7-10(9)12/h4-7H,2-3,8H2,1H3. The van der Waals surface area contributed by atoms with Crippen molar-refractivity contribution in [2.24, 2.45) is 0 Å². The zero-order valence-electron chi connectivity index (χ0n) is 8.13. The molecule has 0 atom stereocenters. The Balaban J connectivity index is 2.56. The highest BCUT2D eigenvalue weighted by Gasteiger charge is 2.11. The van der Waals surface area contributed by atoms with Crippen LogP contribution in [0.3, 0.4) is 0 Å². The lowest BCUT2D eigenvalue weighted by atomic mass is 10.2. The molecule has 0 saturated heterocycles. The first kappa shape index (κ1) is 10.7. The number of unbranched alkanes of at least 4 members (excludes halogenated alkanes) is 1. The van der Waals surface area contributed by atoms with Crippen LogP contribution in [-0.2, 0) is 4.74 Å². The Labute approximate surface area is 82.7 Å². The van der Waals surface area contributed by atoms with Gasteiger partial charge in [0, 0.05) is 0 Å². The molecule has 0 saturated carbocycles. The van der Waals surface area contributed by atoms with Crippen LogP contribution in [0.5, 0.6) is 0 Å². The van der Waals surface area contributed by atoms with Crippen LogP contribution in [0.2, 0.25) is 0 Å². The molecule has 1 aromatic carbocycles. The first-order chi connectivity index (χ1) is 6.75. The van der Waals surface area contributed by atoms with E-state index in [0.717, 1.165) is 12.8 Å². The summed E-state index contributed by atoms with van der Waals surface area (Å²) < 4.78 is 17.9. The lowest BCUT2D eigenvalue weighted by molar-refractivity contribution is 0.0494. The Morgan fingerprint density at radius 1 is 1.43 bits per heavy atom. The molecule has 0 aliphatic heterocycles. The minimum absolute atomic E-state index is 0.00334. The second kappa shape index (κ2) is 5.37. The number of carbonyl (C=O) groups is 1. The Kier molecular flexibility index (Phi) is 4.11. The molecular weight excluding hydrogens is 183 g/mol. The first-order valence-corrected chi connectivity index (χ1v) is 4.67. The van der Waals surface area contributed by atoms with Gasteiger partial charge in [0.25, 0.3) is 0 Å². The van der Waals surface area contributed by atoms with E-state index in [0.29, 0.717) is 6.61 Å². The number of rotatable bonds is 4. The molecule has 76 valence electrons. The molecule has 0 aromatic heterocycles. The van der Waals surface area contributed by atoms with Gasteiger partial charge >= 0.3 is 5.97 Å². The van der Waals surface area contributed by atoms with Crippen LogP contribution >= 0.6 is 0 Å². The summed E-state index contributed by atoms with van der Waals surface area (Å²) >= 11 is 0. The maximum atomic E-state index is 13.0. The van der Waals surface area contributed by atoms with Crippen molar-refractivity contribution in [3.05, 3.63) is 35.6 Å². The largest absolute Gasteiger partial charge is 0.462 e. The third-order valence-electron chi connectivity index (χ3n) is 1.82. The SMILES string of the molecule is CCCCOC(=O)c1ccccc1F. The molecule has 1 aromatic rings. The van der Waals surface area contributed by atoms with Crippen LogP contribution in [0.25, 0.3) is 0 Å². The number of hydrogen-bond acceptors (Lipinski definition) is 2. The molecule has 2 nitrogen and oxygen atoms in total. The molecule has 0 fully saturated rings. The minimum atomic E-state index is -0.587. The van der Waals surface area contributed by atoms with Gasteiger partial charge in [-0.3, -0.25) is 0 Å². The van der Waals surface area contributed by atoms with Gasteiger partial charge in [0.1, 0.15) is 5.82 Å². The van der Waals surface area contributed by atoms with E-state index < -0.39 is 11.8 Å². The van der Waals surface area contributed by atoms with Crippen LogP contribution in [0.4, 0.5) is 4.39 Å². The Morgan fingerprint density at radius 3 is 2.79 bits per heavy atom. The highest BCUT2D eigenvalue weighted by molar-refractivity contribution is 5.89. The van der Waals surface area contributed by atoms with Crippen LogP contribution in [0.15, 0.2) is 24.3 Å². The Hall–Kier alpha value is -1.38. The average molecular weight is 196 g/mol. The van der Waals surface area contributed by atoms with Gasteiger partial charge in [0.2, 0.25) is 0 Å². The summed E-state index contributed by atoms with van der Waals surface area (Å²) in [6.07, 6.45) is 1.75. The second-order valence-electron chi connectivity index (χ2n) is 2.97. The van der Waals surface area contributed by atoms with Crippen molar-refractivity contribution in [2.75, 3.05) is 6.61 Å². The summed E-state index contributed by atoms with van der Waals surface area (Å²) in [5.41, 5.74) is 0.00334. The fraction of sp³-hybridized carbons (Fsp3) is 0.364. The van der Waals surface area contributed by atoms with E-state index in [-0.39, 0.29) is 5.56 Å². The third kappa shape index (κ3) is 2.83. The van der Waals surface area contributed by atoms with E-state index in [9.17, 15) is 9.18 Å². The van der Waals surface area contributed by atoms with Crippen molar-refractivity contribution in [1.82, 2.24) is 0 Å². The van der Waals surface area contributed by atoms with Crippen molar-refractivity contribution in [1.29, 1.82) is 0 Å². The highest BCUT2D eigenvalue weighted by Crippen LogP contribution is 2.08. The molecule has 0 bridgehead atoms. The van der Waals surface area contributed by atoms with E-state index >= 15 is 0 Å². The fourth-order valence-corrected chi connectivity index (χ4v) is 1.01. The molecule has 0 amide bonds. The smallest absolute Gasteiger partial charge is 0.341 e. The summed E-state index contributed by atoms with van der Waals surface area (Å²) in [6, 6.07) is 5.82. The zero-order valence-corrected chi connectivity index (χ0v) is 8.13. The van der Waals surface area contributed by atoms with Gasteiger partial charge in [-0.25, -0.2) is 9.18 Å². The van der Waals surface area contributed by atoms with Gasteiger partial charge in [-0.1, -0.05) is 25.5 Å². The summed E-state index contributed by atoms with van der Waals surface area (Å²) in [6.45, 7) is 2.35. The minimum Gasteiger partial charge on any atom is -0.462 e.